The fourth-order valence-corrected chi connectivity index (χ4v) is 2.13. The van der Waals surface area contributed by atoms with Crippen LogP contribution in [-0.4, -0.2) is 29.0 Å². The highest BCUT2D eigenvalue weighted by molar-refractivity contribution is 5.78. The van der Waals surface area contributed by atoms with Crippen LogP contribution in [0.1, 0.15) is 12.0 Å². The first-order valence-corrected chi connectivity index (χ1v) is 5.76. The quantitative estimate of drug-likeness (QED) is 0.500. The second-order valence-corrected chi connectivity index (χ2v) is 4.39. The third-order valence-electron chi connectivity index (χ3n) is 3.05. The molecule has 0 bridgehead atoms. The Kier molecular flexibility index (Phi) is 3.69. The maximum Gasteiger partial charge on any atom is 0.223 e. The minimum absolute atomic E-state index is 0.0383. The molecule has 1 aliphatic heterocycles. The Morgan fingerprint density at radius 1 is 1.50 bits per heavy atom. The average molecular weight is 246 g/mol. The zero-order chi connectivity index (χ0) is 13.0. The highest BCUT2D eigenvalue weighted by Gasteiger charge is 2.29. The van der Waals surface area contributed by atoms with Gasteiger partial charge in [0.05, 0.1) is 0 Å². The zero-order valence-corrected chi connectivity index (χ0v) is 9.86. The summed E-state index contributed by atoms with van der Waals surface area (Å²) in [7, 11) is 0. The number of para-hydroxylation sites is 1. The van der Waals surface area contributed by atoms with E-state index < -0.39 is 0 Å². The normalized spacial score (nSPS) is 18.8. The van der Waals surface area contributed by atoms with Crippen LogP contribution < -0.4 is 0 Å². The van der Waals surface area contributed by atoms with Crippen LogP contribution in [0, 0.1) is 5.92 Å². The molecule has 1 saturated heterocycles. The van der Waals surface area contributed by atoms with Gasteiger partial charge >= 0.3 is 0 Å². The molecule has 18 heavy (non-hydrogen) atoms. The van der Waals surface area contributed by atoms with E-state index in [9.17, 15) is 9.90 Å². The minimum atomic E-state index is 0.0383. The highest BCUT2D eigenvalue weighted by atomic mass is 16.3. The Morgan fingerprint density at radius 2 is 2.28 bits per heavy atom. The Hall–Kier alpha value is -2.20. The van der Waals surface area contributed by atoms with Gasteiger partial charge in [-0.15, -0.1) is 0 Å². The van der Waals surface area contributed by atoms with Crippen LogP contribution in [0.4, 0.5) is 0 Å². The van der Waals surface area contributed by atoms with Crippen molar-refractivity contribution in [3.63, 3.8) is 0 Å². The summed E-state index contributed by atoms with van der Waals surface area (Å²) in [5, 5.41) is 13.2. The van der Waals surface area contributed by atoms with E-state index >= 15 is 0 Å². The number of rotatable bonds is 4. The summed E-state index contributed by atoms with van der Waals surface area (Å²) in [6.45, 7) is 1.32. The molecule has 1 unspecified atom stereocenters. The number of phenols is 1. The first-order valence-electron chi connectivity index (χ1n) is 5.76. The summed E-state index contributed by atoms with van der Waals surface area (Å²) in [6, 6.07) is 6.97. The van der Waals surface area contributed by atoms with Gasteiger partial charge in [-0.25, -0.2) is 0 Å². The number of azide groups is 1. The molecule has 6 heteroatoms. The minimum Gasteiger partial charge on any atom is -0.508 e. The van der Waals surface area contributed by atoms with Gasteiger partial charge < -0.3 is 10.0 Å². The van der Waals surface area contributed by atoms with Crippen molar-refractivity contribution in [1.82, 2.24) is 4.90 Å². The molecule has 0 saturated carbocycles. The van der Waals surface area contributed by atoms with E-state index in [-0.39, 0.29) is 17.6 Å². The number of carbonyl (C=O) groups is 1. The molecule has 1 fully saturated rings. The molecule has 94 valence electrons. The standard InChI is InChI=1S/C12H14N4O2/c13-15-14-6-9-5-12(18)16(7-9)8-10-3-1-2-4-11(10)17/h1-4,9,17H,5-8H2. The number of hydrogen-bond acceptors (Lipinski definition) is 3. The number of carbonyl (C=O) groups excluding carboxylic acids is 1. The molecule has 0 aliphatic carbocycles. The predicted molar refractivity (Wildman–Crippen MR) is 65.6 cm³/mol. The largest absolute Gasteiger partial charge is 0.508 e. The molecule has 1 amide bonds. The van der Waals surface area contributed by atoms with Gasteiger partial charge in [0.25, 0.3) is 0 Å². The predicted octanol–water partition coefficient (Wildman–Crippen LogP) is 2.05. The van der Waals surface area contributed by atoms with Gasteiger partial charge in [-0.1, -0.05) is 23.3 Å². The van der Waals surface area contributed by atoms with Crippen molar-refractivity contribution < 1.29 is 9.90 Å². The van der Waals surface area contributed by atoms with Crippen molar-refractivity contribution in [2.45, 2.75) is 13.0 Å². The molecule has 0 spiro atoms. The fraction of sp³-hybridized carbons (Fsp3) is 0.417. The number of phenolic OH excluding ortho intramolecular Hbond substituents is 1. The smallest absolute Gasteiger partial charge is 0.223 e. The molecule has 1 aromatic carbocycles. The molecule has 0 radical (unpaired) electrons. The number of hydrogen-bond donors (Lipinski definition) is 1. The van der Waals surface area contributed by atoms with Crippen molar-refractivity contribution >= 4 is 5.91 Å². The van der Waals surface area contributed by atoms with Gasteiger partial charge in [-0.3, -0.25) is 4.79 Å². The Morgan fingerprint density at radius 3 is 3.00 bits per heavy atom. The van der Waals surface area contributed by atoms with Crippen LogP contribution in [0.3, 0.4) is 0 Å². The van der Waals surface area contributed by atoms with Crippen LogP contribution in [0.25, 0.3) is 10.4 Å². The van der Waals surface area contributed by atoms with E-state index in [0.717, 1.165) is 5.56 Å². The summed E-state index contributed by atoms with van der Waals surface area (Å²) in [6.07, 6.45) is 0.409. The van der Waals surface area contributed by atoms with E-state index in [1.165, 1.54) is 0 Å². The van der Waals surface area contributed by atoms with Crippen molar-refractivity contribution in [1.29, 1.82) is 0 Å². The average Bonchev–Trinajstić information content (AvgIpc) is 2.70. The van der Waals surface area contributed by atoms with Gasteiger partial charge in [0, 0.05) is 36.5 Å². The van der Waals surface area contributed by atoms with Crippen molar-refractivity contribution in [2.75, 3.05) is 13.1 Å². The third kappa shape index (κ3) is 2.73. The van der Waals surface area contributed by atoms with E-state index in [1.54, 1.807) is 23.1 Å². The van der Waals surface area contributed by atoms with Gasteiger partial charge in [0.15, 0.2) is 0 Å². The maximum absolute atomic E-state index is 11.8. The van der Waals surface area contributed by atoms with Gasteiger partial charge in [-0.05, 0) is 17.5 Å². The second kappa shape index (κ2) is 5.42. The summed E-state index contributed by atoms with van der Waals surface area (Å²) in [4.78, 5) is 16.2. The lowest BCUT2D eigenvalue weighted by atomic mass is 10.1. The van der Waals surface area contributed by atoms with Crippen LogP contribution >= 0.6 is 0 Å². The topological polar surface area (TPSA) is 89.3 Å². The van der Waals surface area contributed by atoms with Gasteiger partial charge in [0.2, 0.25) is 5.91 Å². The first kappa shape index (κ1) is 12.3. The number of amides is 1. The molecule has 1 atom stereocenters. The number of aromatic hydroxyl groups is 1. The molecule has 6 nitrogen and oxygen atoms in total. The van der Waals surface area contributed by atoms with E-state index in [0.29, 0.717) is 26.1 Å². The summed E-state index contributed by atoms with van der Waals surface area (Å²) in [5.41, 5.74) is 8.99. The summed E-state index contributed by atoms with van der Waals surface area (Å²) < 4.78 is 0. The fourth-order valence-electron chi connectivity index (χ4n) is 2.13. The highest BCUT2D eigenvalue weighted by Crippen LogP contribution is 2.24. The van der Waals surface area contributed by atoms with E-state index in [2.05, 4.69) is 10.0 Å². The van der Waals surface area contributed by atoms with E-state index in [4.69, 9.17) is 5.53 Å². The lowest BCUT2D eigenvalue weighted by Crippen LogP contribution is -2.24. The molecule has 0 aromatic heterocycles. The molecule has 2 rings (SSSR count). The number of benzene rings is 1. The van der Waals surface area contributed by atoms with Gasteiger partial charge in [0.1, 0.15) is 5.75 Å². The maximum atomic E-state index is 11.8. The molecule has 1 aliphatic rings. The van der Waals surface area contributed by atoms with Crippen LogP contribution in [0.15, 0.2) is 29.4 Å². The van der Waals surface area contributed by atoms with Crippen LogP contribution in [-0.2, 0) is 11.3 Å². The van der Waals surface area contributed by atoms with Crippen LogP contribution in [0.5, 0.6) is 5.75 Å². The Labute approximate surface area is 104 Å². The monoisotopic (exact) mass is 246 g/mol. The zero-order valence-electron chi connectivity index (χ0n) is 9.86. The molecule has 1 aromatic rings. The summed E-state index contributed by atoms with van der Waals surface area (Å²) >= 11 is 0. The lowest BCUT2D eigenvalue weighted by molar-refractivity contribution is -0.128. The summed E-state index contributed by atoms with van der Waals surface area (Å²) in [5.74, 6) is 0.319. The lowest BCUT2D eigenvalue weighted by Gasteiger charge is -2.17. The van der Waals surface area contributed by atoms with Gasteiger partial charge in [-0.2, -0.15) is 0 Å². The SMILES string of the molecule is [N-]=[N+]=NCC1CC(=O)N(Cc2ccccc2O)C1. The van der Waals surface area contributed by atoms with Crippen molar-refractivity contribution in [2.24, 2.45) is 11.0 Å². The third-order valence-corrected chi connectivity index (χ3v) is 3.05. The first-order chi connectivity index (χ1) is 8.70. The van der Waals surface area contributed by atoms with Crippen LogP contribution in [0.2, 0.25) is 0 Å². The van der Waals surface area contributed by atoms with Crippen molar-refractivity contribution in [3.05, 3.63) is 40.3 Å². The molecular formula is C12H14N4O2. The Bertz CT molecular complexity index is 497. The number of nitrogens with zero attached hydrogens (tertiary/aromatic N) is 4. The second-order valence-electron chi connectivity index (χ2n) is 4.39. The number of likely N-dealkylation sites (tertiary alicyclic amines) is 1. The van der Waals surface area contributed by atoms with E-state index in [1.807, 2.05) is 6.07 Å². The molecular weight excluding hydrogens is 232 g/mol. The molecule has 1 heterocycles. The van der Waals surface area contributed by atoms with Crippen molar-refractivity contribution in [3.8, 4) is 5.75 Å². The Balaban J connectivity index is 2.00. The molecule has 1 N–H and O–H groups in total.